The summed E-state index contributed by atoms with van der Waals surface area (Å²) >= 11 is 0. The summed E-state index contributed by atoms with van der Waals surface area (Å²) in [6.45, 7) is -0.229. The highest BCUT2D eigenvalue weighted by atomic mass is 16.3. The van der Waals surface area contributed by atoms with Gasteiger partial charge in [0.25, 0.3) is 0 Å². The van der Waals surface area contributed by atoms with Gasteiger partial charge in [-0.15, -0.1) is 0 Å². The number of hydrogen-bond acceptors (Lipinski definition) is 2. The summed E-state index contributed by atoms with van der Waals surface area (Å²) in [6, 6.07) is 0. The van der Waals surface area contributed by atoms with E-state index in [0.29, 0.717) is 11.8 Å². The van der Waals surface area contributed by atoms with E-state index < -0.39 is 0 Å². The Morgan fingerprint density at radius 1 is 1.00 bits per heavy atom. The fourth-order valence-corrected chi connectivity index (χ4v) is 4.56. The number of rotatable bonds is 2. The van der Waals surface area contributed by atoms with Crippen molar-refractivity contribution >= 4 is 5.78 Å². The van der Waals surface area contributed by atoms with Crippen LogP contribution in [0.2, 0.25) is 0 Å². The molecule has 0 spiro atoms. The highest BCUT2D eigenvalue weighted by Crippen LogP contribution is 2.56. The summed E-state index contributed by atoms with van der Waals surface area (Å²) in [5, 5.41) is 8.97. The number of carbonyl (C=O) groups excluding carboxylic acids is 1. The quantitative estimate of drug-likeness (QED) is 0.725. The Hall–Kier alpha value is -0.370. The molecule has 0 aromatic carbocycles. The van der Waals surface area contributed by atoms with Gasteiger partial charge in [-0.1, -0.05) is 0 Å². The molecule has 0 amide bonds. The summed E-state index contributed by atoms with van der Waals surface area (Å²) in [4.78, 5) is 11.7. The van der Waals surface area contributed by atoms with E-state index in [9.17, 15) is 4.79 Å². The molecule has 14 heavy (non-hydrogen) atoms. The van der Waals surface area contributed by atoms with Gasteiger partial charge in [0, 0.05) is 5.92 Å². The SMILES string of the molecule is O=C(CO)C1C2CC3CC(C2)CC1C3. The second kappa shape index (κ2) is 3.06. The van der Waals surface area contributed by atoms with Crippen molar-refractivity contribution in [3.63, 3.8) is 0 Å². The zero-order chi connectivity index (χ0) is 9.71. The number of hydrogen-bond donors (Lipinski definition) is 1. The third kappa shape index (κ3) is 1.16. The van der Waals surface area contributed by atoms with Gasteiger partial charge < -0.3 is 5.11 Å². The van der Waals surface area contributed by atoms with Crippen LogP contribution < -0.4 is 0 Å². The number of aliphatic hydroxyl groups excluding tert-OH is 1. The van der Waals surface area contributed by atoms with Crippen LogP contribution in [0.25, 0.3) is 0 Å². The maximum absolute atomic E-state index is 11.7. The van der Waals surface area contributed by atoms with Crippen LogP contribution in [0.1, 0.15) is 32.1 Å². The lowest BCUT2D eigenvalue weighted by Gasteiger charge is -2.53. The molecule has 0 unspecified atom stereocenters. The van der Waals surface area contributed by atoms with Gasteiger partial charge in [0.1, 0.15) is 6.61 Å². The first-order valence-electron chi connectivity index (χ1n) is 5.91. The summed E-state index contributed by atoms with van der Waals surface area (Å²) in [6.07, 6.45) is 6.49. The zero-order valence-corrected chi connectivity index (χ0v) is 8.48. The predicted molar refractivity (Wildman–Crippen MR) is 52.6 cm³/mol. The van der Waals surface area contributed by atoms with Crippen LogP contribution in [0, 0.1) is 29.6 Å². The Morgan fingerprint density at radius 2 is 1.50 bits per heavy atom. The lowest BCUT2D eigenvalue weighted by Crippen LogP contribution is -2.48. The number of carbonyl (C=O) groups is 1. The van der Waals surface area contributed by atoms with Crippen LogP contribution in [0.15, 0.2) is 0 Å². The fourth-order valence-electron chi connectivity index (χ4n) is 4.56. The molecule has 4 rings (SSSR count). The van der Waals surface area contributed by atoms with E-state index in [1.807, 2.05) is 0 Å². The molecule has 0 aliphatic heterocycles. The van der Waals surface area contributed by atoms with Crippen LogP contribution in [0.3, 0.4) is 0 Å². The molecule has 2 nitrogen and oxygen atoms in total. The van der Waals surface area contributed by atoms with E-state index >= 15 is 0 Å². The van der Waals surface area contributed by atoms with E-state index in [1.54, 1.807) is 0 Å². The number of Topliss-reactive ketones (excluding diaryl/α,β-unsaturated/α-hetero) is 1. The Balaban J connectivity index is 1.84. The molecule has 4 bridgehead atoms. The van der Waals surface area contributed by atoms with Crippen molar-refractivity contribution in [2.24, 2.45) is 29.6 Å². The minimum absolute atomic E-state index is 0.124. The average Bonchev–Trinajstić information content (AvgIpc) is 2.15. The Labute approximate surface area is 84.7 Å². The second-order valence-electron chi connectivity index (χ2n) is 5.58. The van der Waals surface area contributed by atoms with E-state index in [1.165, 1.54) is 32.1 Å². The van der Waals surface area contributed by atoms with Crippen molar-refractivity contribution in [3.8, 4) is 0 Å². The highest BCUT2D eigenvalue weighted by Gasteiger charge is 2.50. The van der Waals surface area contributed by atoms with Crippen molar-refractivity contribution in [3.05, 3.63) is 0 Å². The molecule has 0 atom stereocenters. The second-order valence-corrected chi connectivity index (χ2v) is 5.58. The highest BCUT2D eigenvalue weighted by molar-refractivity contribution is 5.82. The molecular formula is C12H18O2. The number of aliphatic hydroxyl groups is 1. The first-order valence-corrected chi connectivity index (χ1v) is 5.91. The molecule has 4 saturated carbocycles. The molecule has 78 valence electrons. The van der Waals surface area contributed by atoms with Crippen LogP contribution in [-0.2, 0) is 4.79 Å². The largest absolute Gasteiger partial charge is 0.389 e. The molecule has 0 radical (unpaired) electrons. The number of ketones is 1. The third-order valence-electron chi connectivity index (χ3n) is 4.75. The molecule has 0 aromatic rings. The molecule has 0 heterocycles. The van der Waals surface area contributed by atoms with Crippen molar-refractivity contribution in [1.82, 2.24) is 0 Å². The smallest absolute Gasteiger partial charge is 0.161 e. The van der Waals surface area contributed by atoms with Gasteiger partial charge in [-0.05, 0) is 55.8 Å². The molecular weight excluding hydrogens is 176 g/mol. The van der Waals surface area contributed by atoms with Gasteiger partial charge in [0.05, 0.1) is 0 Å². The average molecular weight is 194 g/mol. The van der Waals surface area contributed by atoms with Crippen LogP contribution in [0.5, 0.6) is 0 Å². The van der Waals surface area contributed by atoms with Crippen molar-refractivity contribution in [2.45, 2.75) is 32.1 Å². The Bertz CT molecular complexity index is 231. The Kier molecular flexibility index (Phi) is 1.94. The van der Waals surface area contributed by atoms with Gasteiger partial charge in [-0.2, -0.15) is 0 Å². The lowest BCUT2D eigenvalue weighted by molar-refractivity contribution is -0.138. The minimum atomic E-state index is -0.229. The van der Waals surface area contributed by atoms with Gasteiger partial charge in [-0.3, -0.25) is 4.79 Å². The fraction of sp³-hybridized carbons (Fsp3) is 0.917. The maximum Gasteiger partial charge on any atom is 0.161 e. The van der Waals surface area contributed by atoms with E-state index in [-0.39, 0.29) is 18.3 Å². The normalized spacial score (nSPS) is 49.6. The van der Waals surface area contributed by atoms with Crippen molar-refractivity contribution in [2.75, 3.05) is 6.61 Å². The minimum Gasteiger partial charge on any atom is -0.389 e. The van der Waals surface area contributed by atoms with Crippen molar-refractivity contribution < 1.29 is 9.90 Å². The van der Waals surface area contributed by atoms with Crippen molar-refractivity contribution in [1.29, 1.82) is 0 Å². The molecule has 4 fully saturated rings. The molecule has 0 saturated heterocycles. The third-order valence-corrected chi connectivity index (χ3v) is 4.75. The predicted octanol–water partition coefficient (Wildman–Crippen LogP) is 1.62. The lowest BCUT2D eigenvalue weighted by atomic mass is 9.51. The van der Waals surface area contributed by atoms with E-state index in [0.717, 1.165) is 11.8 Å². The van der Waals surface area contributed by atoms with Gasteiger partial charge in [0.15, 0.2) is 5.78 Å². The molecule has 4 aliphatic rings. The molecule has 1 N–H and O–H groups in total. The van der Waals surface area contributed by atoms with E-state index in [2.05, 4.69) is 0 Å². The van der Waals surface area contributed by atoms with Gasteiger partial charge in [0.2, 0.25) is 0 Å². The first-order chi connectivity index (χ1) is 6.78. The summed E-state index contributed by atoms with van der Waals surface area (Å²) < 4.78 is 0. The summed E-state index contributed by atoms with van der Waals surface area (Å²) in [7, 11) is 0. The van der Waals surface area contributed by atoms with Gasteiger partial charge in [-0.25, -0.2) is 0 Å². The molecule has 4 aliphatic carbocycles. The first kappa shape index (κ1) is 8.90. The topological polar surface area (TPSA) is 37.3 Å². The maximum atomic E-state index is 11.7. The summed E-state index contributed by atoms with van der Waals surface area (Å²) in [5.74, 6) is 3.45. The van der Waals surface area contributed by atoms with Crippen LogP contribution in [-0.4, -0.2) is 17.5 Å². The zero-order valence-electron chi connectivity index (χ0n) is 8.48. The Morgan fingerprint density at radius 3 is 1.93 bits per heavy atom. The standard InChI is InChI=1S/C12H18O2/c13-6-11(14)12-9-2-7-1-8(4-9)5-10(12)3-7/h7-10,12-13H,1-6H2. The van der Waals surface area contributed by atoms with Gasteiger partial charge >= 0.3 is 0 Å². The molecule has 2 heteroatoms. The van der Waals surface area contributed by atoms with E-state index in [4.69, 9.17) is 5.11 Å². The monoisotopic (exact) mass is 194 g/mol. The van der Waals surface area contributed by atoms with Crippen LogP contribution >= 0.6 is 0 Å². The molecule has 0 aromatic heterocycles. The van der Waals surface area contributed by atoms with Crippen LogP contribution in [0.4, 0.5) is 0 Å². The summed E-state index contributed by atoms with van der Waals surface area (Å²) in [5.41, 5.74) is 0.